The van der Waals surface area contributed by atoms with Crippen molar-refractivity contribution in [2.75, 3.05) is 13.1 Å². The Morgan fingerprint density at radius 3 is 2.33 bits per heavy atom. The quantitative estimate of drug-likeness (QED) is 0.380. The summed E-state index contributed by atoms with van der Waals surface area (Å²) >= 11 is 0. The number of benzene rings is 3. The molecule has 5 rings (SSSR count). The average molecular weight is 481 g/mol. The molecule has 1 aliphatic carbocycles. The Hall–Kier alpha value is -2.91. The first-order valence-electron chi connectivity index (χ1n) is 14.0. The number of fused-ring (bicyclic) bond motifs is 1. The highest BCUT2D eigenvalue weighted by Gasteiger charge is 2.20. The van der Waals surface area contributed by atoms with Crippen LogP contribution in [0.15, 0.2) is 72.8 Å². The van der Waals surface area contributed by atoms with Crippen molar-refractivity contribution in [2.45, 2.75) is 70.9 Å². The molecule has 1 fully saturated rings. The number of nitrogens with one attached hydrogen (secondary N) is 1. The summed E-state index contributed by atoms with van der Waals surface area (Å²) < 4.78 is 0. The summed E-state index contributed by atoms with van der Waals surface area (Å²) in [6.07, 6.45) is 9.54. The highest BCUT2D eigenvalue weighted by molar-refractivity contribution is 5.94. The molecule has 0 radical (unpaired) electrons. The summed E-state index contributed by atoms with van der Waals surface area (Å²) in [6, 6.07) is 26.0. The zero-order valence-electron chi connectivity index (χ0n) is 21.7. The maximum absolute atomic E-state index is 13.0. The van der Waals surface area contributed by atoms with Crippen molar-refractivity contribution < 1.29 is 4.79 Å². The first kappa shape index (κ1) is 24.8. The van der Waals surface area contributed by atoms with Gasteiger partial charge in [0.15, 0.2) is 0 Å². The molecule has 1 aliphatic heterocycles. The summed E-state index contributed by atoms with van der Waals surface area (Å²) in [7, 11) is 0. The van der Waals surface area contributed by atoms with Gasteiger partial charge in [0, 0.05) is 12.1 Å². The van der Waals surface area contributed by atoms with E-state index in [-0.39, 0.29) is 11.9 Å². The summed E-state index contributed by atoms with van der Waals surface area (Å²) in [5.74, 6) is 0.809. The predicted octanol–water partition coefficient (Wildman–Crippen LogP) is 6.90. The zero-order valence-corrected chi connectivity index (χ0v) is 21.7. The van der Waals surface area contributed by atoms with Crippen LogP contribution >= 0.6 is 0 Å². The molecule has 3 heteroatoms. The van der Waals surface area contributed by atoms with Gasteiger partial charge in [-0.25, -0.2) is 0 Å². The van der Waals surface area contributed by atoms with Crippen molar-refractivity contribution in [3.63, 3.8) is 0 Å². The van der Waals surface area contributed by atoms with Crippen molar-refractivity contribution in [3.8, 4) is 0 Å². The Kier molecular flexibility index (Phi) is 8.18. The Morgan fingerprint density at radius 2 is 1.61 bits per heavy atom. The number of carbonyl (C=O) groups excluding carboxylic acids is 1. The molecule has 1 heterocycles. The number of nitrogens with zero attached hydrogens (tertiary/aromatic N) is 1. The van der Waals surface area contributed by atoms with Gasteiger partial charge in [-0.1, -0.05) is 67.6 Å². The molecule has 3 nitrogen and oxygen atoms in total. The highest BCUT2D eigenvalue weighted by Crippen LogP contribution is 2.27. The van der Waals surface area contributed by atoms with Crippen LogP contribution in [0.5, 0.6) is 0 Å². The number of rotatable bonds is 8. The van der Waals surface area contributed by atoms with Crippen LogP contribution in [-0.4, -0.2) is 23.9 Å². The van der Waals surface area contributed by atoms with E-state index in [0.717, 1.165) is 37.5 Å². The van der Waals surface area contributed by atoms with Crippen molar-refractivity contribution in [1.82, 2.24) is 10.2 Å². The van der Waals surface area contributed by atoms with Gasteiger partial charge in [0.2, 0.25) is 0 Å². The second-order valence-corrected chi connectivity index (χ2v) is 10.8. The van der Waals surface area contributed by atoms with Crippen LogP contribution in [-0.2, 0) is 25.8 Å². The van der Waals surface area contributed by atoms with E-state index >= 15 is 0 Å². The third kappa shape index (κ3) is 6.25. The first-order chi connectivity index (χ1) is 17.7. The number of hydrogen-bond acceptors (Lipinski definition) is 2. The van der Waals surface area contributed by atoms with E-state index < -0.39 is 0 Å². The fraction of sp³-hybridized carbons (Fsp3) is 0.424. The van der Waals surface area contributed by atoms with Crippen LogP contribution in [0.2, 0.25) is 0 Å². The largest absolute Gasteiger partial charge is 0.345 e. The first-order valence-corrected chi connectivity index (χ1v) is 14.0. The van der Waals surface area contributed by atoms with Crippen LogP contribution in [0.1, 0.15) is 83.2 Å². The van der Waals surface area contributed by atoms with Crippen molar-refractivity contribution >= 4 is 5.91 Å². The minimum atomic E-state index is 0.0212. The van der Waals surface area contributed by atoms with Crippen molar-refractivity contribution in [1.29, 1.82) is 0 Å². The topological polar surface area (TPSA) is 32.3 Å². The normalized spacial score (nSPS) is 17.4. The molecule has 0 spiro atoms. The van der Waals surface area contributed by atoms with Gasteiger partial charge in [0.1, 0.15) is 0 Å². The molecular weight excluding hydrogens is 440 g/mol. The smallest absolute Gasteiger partial charge is 0.251 e. The van der Waals surface area contributed by atoms with Crippen LogP contribution in [0.25, 0.3) is 0 Å². The second kappa shape index (κ2) is 11.9. The highest BCUT2D eigenvalue weighted by atomic mass is 16.1. The number of likely N-dealkylation sites (tertiary alicyclic amines) is 1. The minimum absolute atomic E-state index is 0.0212. The molecule has 1 N–H and O–H groups in total. The average Bonchev–Trinajstić information content (AvgIpc) is 2.93. The van der Waals surface area contributed by atoms with Crippen LogP contribution in [0.4, 0.5) is 0 Å². The van der Waals surface area contributed by atoms with E-state index in [0.29, 0.717) is 0 Å². The molecule has 2 aliphatic rings. The van der Waals surface area contributed by atoms with E-state index in [1.807, 2.05) is 12.1 Å². The maximum Gasteiger partial charge on any atom is 0.251 e. The fourth-order valence-electron chi connectivity index (χ4n) is 5.95. The molecule has 36 heavy (non-hydrogen) atoms. The molecule has 3 aromatic carbocycles. The lowest BCUT2D eigenvalue weighted by atomic mass is 9.88. The van der Waals surface area contributed by atoms with Crippen LogP contribution in [0.3, 0.4) is 0 Å². The minimum Gasteiger partial charge on any atom is -0.345 e. The lowest BCUT2D eigenvalue weighted by Crippen LogP contribution is -2.33. The summed E-state index contributed by atoms with van der Waals surface area (Å²) in [4.78, 5) is 15.6. The standard InChI is InChI=1S/C33H40N2O/c1-2-32(31-17-16-28-10-6-7-11-30(28)23-31)34-33(36)29-14-12-27(13-15-29)24-35-20-18-26(19-21-35)22-25-8-4-3-5-9-25/h3-5,8-9,12-17,23,26,32H,2,6-7,10-11,18-22,24H2,1H3,(H,34,36). The summed E-state index contributed by atoms with van der Waals surface area (Å²) in [5.41, 5.74) is 7.69. The van der Waals surface area contributed by atoms with Gasteiger partial charge in [-0.05, 0) is 110 Å². The van der Waals surface area contributed by atoms with Crippen LogP contribution in [0, 0.1) is 5.92 Å². The number of piperidine rings is 1. The lowest BCUT2D eigenvalue weighted by Gasteiger charge is -2.32. The second-order valence-electron chi connectivity index (χ2n) is 10.8. The lowest BCUT2D eigenvalue weighted by molar-refractivity contribution is 0.0935. The molecule has 3 aromatic rings. The molecule has 1 amide bonds. The van der Waals surface area contributed by atoms with Crippen molar-refractivity contribution in [3.05, 3.63) is 106 Å². The monoisotopic (exact) mass is 480 g/mol. The van der Waals surface area contributed by atoms with Gasteiger partial charge in [-0.3, -0.25) is 9.69 Å². The predicted molar refractivity (Wildman–Crippen MR) is 148 cm³/mol. The molecule has 1 unspecified atom stereocenters. The van der Waals surface area contributed by atoms with E-state index in [9.17, 15) is 4.79 Å². The van der Waals surface area contributed by atoms with E-state index in [1.165, 1.54) is 72.8 Å². The Morgan fingerprint density at radius 1 is 0.889 bits per heavy atom. The molecule has 188 valence electrons. The Labute approximate surface area is 216 Å². The fourth-order valence-corrected chi connectivity index (χ4v) is 5.95. The molecular formula is C33H40N2O. The van der Waals surface area contributed by atoms with Gasteiger partial charge >= 0.3 is 0 Å². The third-order valence-electron chi connectivity index (χ3n) is 8.19. The summed E-state index contributed by atoms with van der Waals surface area (Å²) in [6.45, 7) is 5.42. The SMILES string of the molecule is CCC(NC(=O)c1ccc(CN2CCC(Cc3ccccc3)CC2)cc1)c1ccc2c(c1)CCCC2. The van der Waals surface area contributed by atoms with Crippen molar-refractivity contribution in [2.24, 2.45) is 5.92 Å². The molecule has 0 bridgehead atoms. The number of aryl methyl sites for hydroxylation is 2. The molecule has 0 saturated carbocycles. The summed E-state index contributed by atoms with van der Waals surface area (Å²) in [5, 5.41) is 3.28. The number of amides is 1. The van der Waals surface area contributed by atoms with E-state index in [1.54, 1.807) is 0 Å². The molecule has 1 saturated heterocycles. The van der Waals surface area contributed by atoms with Crippen LogP contribution < -0.4 is 5.32 Å². The Bertz CT molecular complexity index is 1130. The van der Waals surface area contributed by atoms with Gasteiger partial charge in [0.05, 0.1) is 6.04 Å². The van der Waals surface area contributed by atoms with E-state index in [4.69, 9.17) is 0 Å². The maximum atomic E-state index is 13.0. The van der Waals surface area contributed by atoms with Gasteiger partial charge < -0.3 is 5.32 Å². The van der Waals surface area contributed by atoms with E-state index in [2.05, 4.69) is 77.8 Å². The zero-order chi connectivity index (χ0) is 24.7. The van der Waals surface area contributed by atoms with Gasteiger partial charge in [0.25, 0.3) is 5.91 Å². The van der Waals surface area contributed by atoms with Gasteiger partial charge in [-0.15, -0.1) is 0 Å². The number of carbonyl (C=O) groups is 1. The molecule has 1 atom stereocenters. The molecule has 0 aromatic heterocycles. The third-order valence-corrected chi connectivity index (χ3v) is 8.19. The Balaban J connectivity index is 1.12. The van der Waals surface area contributed by atoms with Gasteiger partial charge in [-0.2, -0.15) is 0 Å². The number of hydrogen-bond donors (Lipinski definition) is 1.